The second-order valence-electron chi connectivity index (χ2n) is 4.35. The summed E-state index contributed by atoms with van der Waals surface area (Å²) in [5, 5.41) is 6.46. The second-order valence-corrected chi connectivity index (χ2v) is 5.27. The van der Waals surface area contributed by atoms with Gasteiger partial charge in [-0.1, -0.05) is 15.9 Å². The lowest BCUT2D eigenvalue weighted by Crippen LogP contribution is -2.26. The maximum absolute atomic E-state index is 12.9. The van der Waals surface area contributed by atoms with Gasteiger partial charge in [-0.2, -0.15) is 18.3 Å². The third-order valence-electron chi connectivity index (χ3n) is 2.73. The van der Waals surface area contributed by atoms with Gasteiger partial charge in [-0.3, -0.25) is 9.48 Å². The molecule has 0 spiro atoms. The van der Waals surface area contributed by atoms with Crippen LogP contribution in [0.3, 0.4) is 0 Å². The predicted molar refractivity (Wildman–Crippen MR) is 73.5 cm³/mol. The van der Waals surface area contributed by atoms with E-state index in [1.807, 2.05) is 0 Å². The van der Waals surface area contributed by atoms with Crippen molar-refractivity contribution in [3.63, 3.8) is 0 Å². The van der Waals surface area contributed by atoms with E-state index in [-0.39, 0.29) is 11.0 Å². The molecule has 1 amide bonds. The maximum Gasteiger partial charge on any atom is 0.417 e. The van der Waals surface area contributed by atoms with Crippen LogP contribution in [0.25, 0.3) is 0 Å². The van der Waals surface area contributed by atoms with Crippen LogP contribution < -0.4 is 5.32 Å². The molecule has 0 atom stereocenters. The van der Waals surface area contributed by atoms with Gasteiger partial charge in [-0.25, -0.2) is 0 Å². The topological polar surface area (TPSA) is 46.9 Å². The van der Waals surface area contributed by atoms with Gasteiger partial charge in [0.1, 0.15) is 0 Å². The molecule has 0 aliphatic rings. The van der Waals surface area contributed by atoms with E-state index in [1.54, 1.807) is 24.0 Å². The molecule has 21 heavy (non-hydrogen) atoms. The number of halogens is 4. The number of aromatic nitrogens is 2. The Bertz CT molecular complexity index is 667. The number of nitrogens with one attached hydrogen (secondary N) is 1. The summed E-state index contributed by atoms with van der Waals surface area (Å²) in [6, 6.07) is 5.09. The lowest BCUT2D eigenvalue weighted by Gasteiger charge is -2.13. The summed E-state index contributed by atoms with van der Waals surface area (Å²) in [4.78, 5) is 11.9. The fourth-order valence-electron chi connectivity index (χ4n) is 1.77. The van der Waals surface area contributed by atoms with E-state index in [4.69, 9.17) is 0 Å². The van der Waals surface area contributed by atoms with Crippen LogP contribution in [0.1, 0.15) is 21.6 Å². The number of benzene rings is 1. The smallest absolute Gasteiger partial charge is 0.346 e. The number of hydrogen-bond donors (Lipinski definition) is 1. The molecule has 1 aromatic heterocycles. The fraction of sp³-hybridized carbons (Fsp3) is 0.231. The summed E-state index contributed by atoms with van der Waals surface area (Å²) in [5.41, 5.74) is -0.825. The molecule has 2 rings (SSSR count). The monoisotopic (exact) mass is 361 g/mol. The Kier molecular flexibility index (Phi) is 4.36. The molecule has 0 radical (unpaired) electrons. The van der Waals surface area contributed by atoms with Crippen LogP contribution in [0.4, 0.5) is 13.2 Å². The first-order valence-electron chi connectivity index (χ1n) is 5.91. The molecular formula is C13H11BrF3N3O. The molecule has 0 fully saturated rings. The Morgan fingerprint density at radius 1 is 1.38 bits per heavy atom. The van der Waals surface area contributed by atoms with Crippen LogP contribution in [0, 0.1) is 0 Å². The van der Waals surface area contributed by atoms with Crippen molar-refractivity contribution in [1.29, 1.82) is 0 Å². The van der Waals surface area contributed by atoms with Gasteiger partial charge >= 0.3 is 6.18 Å². The number of amides is 1. The lowest BCUT2D eigenvalue weighted by molar-refractivity contribution is -0.138. The van der Waals surface area contributed by atoms with E-state index in [2.05, 4.69) is 26.3 Å². The number of rotatable bonds is 3. The summed E-state index contributed by atoms with van der Waals surface area (Å²) in [6.07, 6.45) is -2.91. The summed E-state index contributed by atoms with van der Waals surface area (Å²) < 4.78 is 40.6. The van der Waals surface area contributed by atoms with Gasteiger partial charge in [0.25, 0.3) is 5.91 Å². The SMILES string of the molecule is Cn1ccc(CNC(=O)c2ccc(Br)cc2C(F)(F)F)n1. The van der Waals surface area contributed by atoms with Gasteiger partial charge in [0, 0.05) is 17.7 Å². The zero-order valence-electron chi connectivity index (χ0n) is 10.9. The highest BCUT2D eigenvalue weighted by atomic mass is 79.9. The van der Waals surface area contributed by atoms with Crippen LogP contribution in [0.15, 0.2) is 34.9 Å². The average Bonchev–Trinajstić information content (AvgIpc) is 2.81. The third kappa shape index (κ3) is 3.84. The minimum absolute atomic E-state index is 0.0625. The molecule has 1 aromatic carbocycles. The lowest BCUT2D eigenvalue weighted by atomic mass is 10.1. The van der Waals surface area contributed by atoms with E-state index < -0.39 is 23.2 Å². The van der Waals surface area contributed by atoms with Crippen LogP contribution >= 0.6 is 15.9 Å². The highest BCUT2D eigenvalue weighted by Crippen LogP contribution is 2.33. The van der Waals surface area contributed by atoms with E-state index in [0.717, 1.165) is 12.1 Å². The van der Waals surface area contributed by atoms with E-state index in [1.165, 1.54) is 6.07 Å². The standard InChI is InChI=1S/C13H11BrF3N3O/c1-20-5-4-9(19-20)7-18-12(21)10-3-2-8(14)6-11(10)13(15,16)17/h2-6H,7H2,1H3,(H,18,21). The Hall–Kier alpha value is -1.83. The molecule has 112 valence electrons. The number of carbonyl (C=O) groups is 1. The molecular weight excluding hydrogens is 351 g/mol. The zero-order valence-corrected chi connectivity index (χ0v) is 12.5. The number of hydrogen-bond acceptors (Lipinski definition) is 2. The predicted octanol–water partition coefficient (Wildman–Crippen LogP) is 3.13. The van der Waals surface area contributed by atoms with Crippen LogP contribution in [0.5, 0.6) is 0 Å². The van der Waals surface area contributed by atoms with Crippen molar-refractivity contribution in [3.8, 4) is 0 Å². The summed E-state index contributed by atoms with van der Waals surface area (Å²) in [7, 11) is 1.71. The highest BCUT2D eigenvalue weighted by Gasteiger charge is 2.35. The third-order valence-corrected chi connectivity index (χ3v) is 3.22. The van der Waals surface area contributed by atoms with Gasteiger partial charge in [-0.15, -0.1) is 0 Å². The normalized spacial score (nSPS) is 11.5. The summed E-state index contributed by atoms with van der Waals surface area (Å²) in [5.74, 6) is -0.791. The molecule has 0 bridgehead atoms. The van der Waals surface area contributed by atoms with Gasteiger partial charge in [0.2, 0.25) is 0 Å². The minimum atomic E-state index is -4.60. The number of nitrogens with zero attached hydrogens (tertiary/aromatic N) is 2. The Balaban J connectivity index is 2.19. The van der Waals surface area contributed by atoms with E-state index in [9.17, 15) is 18.0 Å². The largest absolute Gasteiger partial charge is 0.417 e. The van der Waals surface area contributed by atoms with Crippen molar-refractivity contribution in [2.75, 3.05) is 0 Å². The van der Waals surface area contributed by atoms with Crippen molar-refractivity contribution in [3.05, 3.63) is 51.8 Å². The van der Waals surface area contributed by atoms with Crippen molar-refractivity contribution < 1.29 is 18.0 Å². The molecule has 2 aromatic rings. The van der Waals surface area contributed by atoms with Gasteiger partial charge in [0.05, 0.1) is 23.4 Å². The van der Waals surface area contributed by atoms with Crippen molar-refractivity contribution in [1.82, 2.24) is 15.1 Å². The first-order chi connectivity index (χ1) is 9.77. The Labute approximate surface area is 127 Å². The first kappa shape index (κ1) is 15.6. The van der Waals surface area contributed by atoms with Crippen molar-refractivity contribution >= 4 is 21.8 Å². The Morgan fingerprint density at radius 3 is 2.67 bits per heavy atom. The van der Waals surface area contributed by atoms with Gasteiger partial charge < -0.3 is 5.32 Å². The van der Waals surface area contributed by atoms with Crippen LogP contribution in [-0.4, -0.2) is 15.7 Å². The Morgan fingerprint density at radius 2 is 2.10 bits per heavy atom. The van der Waals surface area contributed by atoms with Crippen molar-refractivity contribution in [2.24, 2.45) is 7.05 Å². The molecule has 8 heteroatoms. The second kappa shape index (κ2) is 5.88. The molecule has 0 aliphatic heterocycles. The summed E-state index contributed by atoms with van der Waals surface area (Å²) >= 11 is 2.97. The number of alkyl halides is 3. The van der Waals surface area contributed by atoms with Crippen molar-refractivity contribution in [2.45, 2.75) is 12.7 Å². The van der Waals surface area contributed by atoms with Gasteiger partial charge in [0.15, 0.2) is 0 Å². The first-order valence-corrected chi connectivity index (χ1v) is 6.70. The molecule has 1 heterocycles. The minimum Gasteiger partial charge on any atom is -0.346 e. The van der Waals surface area contributed by atoms with E-state index in [0.29, 0.717) is 5.69 Å². The molecule has 4 nitrogen and oxygen atoms in total. The van der Waals surface area contributed by atoms with Crippen LogP contribution in [0.2, 0.25) is 0 Å². The molecule has 1 N–H and O–H groups in total. The molecule has 0 unspecified atom stereocenters. The van der Waals surface area contributed by atoms with E-state index >= 15 is 0 Å². The maximum atomic E-state index is 12.9. The zero-order chi connectivity index (χ0) is 15.6. The summed E-state index contributed by atoms with van der Waals surface area (Å²) in [6.45, 7) is 0.0625. The molecule has 0 aliphatic carbocycles. The van der Waals surface area contributed by atoms with Crippen LogP contribution in [-0.2, 0) is 19.8 Å². The molecule has 0 saturated heterocycles. The van der Waals surface area contributed by atoms with Gasteiger partial charge in [-0.05, 0) is 24.3 Å². The highest BCUT2D eigenvalue weighted by molar-refractivity contribution is 9.10. The fourth-order valence-corrected chi connectivity index (χ4v) is 2.13. The molecule has 0 saturated carbocycles. The number of aryl methyl sites for hydroxylation is 1. The number of carbonyl (C=O) groups excluding carboxylic acids is 1. The average molecular weight is 362 g/mol. The quantitative estimate of drug-likeness (QED) is 0.912.